The molecule has 0 amide bonds. The van der Waals surface area contributed by atoms with Gasteiger partial charge in [0.1, 0.15) is 29.5 Å². The van der Waals surface area contributed by atoms with Gasteiger partial charge in [0.25, 0.3) is 0 Å². The maximum Gasteiger partial charge on any atom is 0.146 e. The Balaban J connectivity index is 1.64. The van der Waals surface area contributed by atoms with Crippen LogP contribution in [0.15, 0.2) is 48.5 Å². The van der Waals surface area contributed by atoms with Crippen LogP contribution in [0.2, 0.25) is 5.02 Å². The molecule has 0 spiro atoms. The summed E-state index contributed by atoms with van der Waals surface area (Å²) in [5.41, 5.74) is 1.15. The van der Waals surface area contributed by atoms with Crippen LogP contribution in [0.25, 0.3) is 10.9 Å². The van der Waals surface area contributed by atoms with Crippen molar-refractivity contribution in [2.45, 2.75) is 25.9 Å². The number of rotatable bonds is 4. The first kappa shape index (κ1) is 17.1. The first-order valence-electron chi connectivity index (χ1n) is 8.93. The molecule has 3 nitrogen and oxygen atoms in total. The molecule has 1 aliphatic rings. The molecule has 0 radical (unpaired) electrons. The van der Waals surface area contributed by atoms with Gasteiger partial charge in [0.2, 0.25) is 0 Å². The van der Waals surface area contributed by atoms with Crippen molar-refractivity contribution in [2.75, 3.05) is 18.0 Å². The number of fused-ring (bicyclic) bond motifs is 1. The van der Waals surface area contributed by atoms with Crippen LogP contribution in [0.4, 0.5) is 10.2 Å². The zero-order valence-electron chi connectivity index (χ0n) is 14.4. The molecule has 0 saturated carbocycles. The van der Waals surface area contributed by atoms with E-state index in [0.29, 0.717) is 16.3 Å². The minimum absolute atomic E-state index is 0.0697. The average molecular weight is 371 g/mol. The Hall–Kier alpha value is -2.33. The van der Waals surface area contributed by atoms with Crippen LogP contribution in [0.3, 0.4) is 0 Å². The Labute approximate surface area is 157 Å². The Morgan fingerprint density at radius 2 is 1.81 bits per heavy atom. The topological polar surface area (TPSA) is 25.4 Å². The monoisotopic (exact) mass is 370 g/mol. The molecule has 0 atom stereocenters. The third-order valence-electron chi connectivity index (χ3n) is 4.78. The number of benzene rings is 2. The first-order valence-corrected chi connectivity index (χ1v) is 9.30. The van der Waals surface area contributed by atoms with Gasteiger partial charge in [0.15, 0.2) is 0 Å². The van der Waals surface area contributed by atoms with Crippen LogP contribution in [0.5, 0.6) is 5.75 Å². The van der Waals surface area contributed by atoms with Crippen LogP contribution in [-0.2, 0) is 6.61 Å². The van der Waals surface area contributed by atoms with Crippen molar-refractivity contribution in [3.05, 3.63) is 64.9 Å². The number of halogens is 2. The Morgan fingerprint density at radius 1 is 1.00 bits per heavy atom. The van der Waals surface area contributed by atoms with Crippen LogP contribution >= 0.6 is 11.6 Å². The highest BCUT2D eigenvalue weighted by Gasteiger charge is 2.14. The number of hydrogen-bond acceptors (Lipinski definition) is 3. The van der Waals surface area contributed by atoms with Crippen molar-refractivity contribution < 1.29 is 9.13 Å². The number of aromatic nitrogens is 1. The van der Waals surface area contributed by atoms with Crippen molar-refractivity contribution in [1.29, 1.82) is 0 Å². The van der Waals surface area contributed by atoms with Gasteiger partial charge in [-0.1, -0.05) is 29.8 Å². The Kier molecular flexibility index (Phi) is 4.93. The first-order chi connectivity index (χ1) is 12.7. The van der Waals surface area contributed by atoms with Crippen LogP contribution in [0.1, 0.15) is 24.8 Å². The number of ether oxygens (including phenoxy) is 1. The van der Waals surface area contributed by atoms with Crippen LogP contribution in [0, 0.1) is 5.82 Å². The van der Waals surface area contributed by atoms with Crippen molar-refractivity contribution in [2.24, 2.45) is 0 Å². The SMILES string of the molecule is Fc1cccc(Cl)c1COc1cccc2ccc(N3CCCCC3)nc12. The van der Waals surface area contributed by atoms with Gasteiger partial charge in [-0.25, -0.2) is 9.37 Å². The highest BCUT2D eigenvalue weighted by molar-refractivity contribution is 6.31. The summed E-state index contributed by atoms with van der Waals surface area (Å²) in [6.45, 7) is 2.14. The standard InChI is InChI=1S/C21H20ClFN2O/c22-17-7-5-8-18(23)16(17)14-26-19-9-4-6-15-10-11-20(24-21(15)19)25-12-2-1-3-13-25/h4-11H,1-3,12-14H2. The van der Waals surface area contributed by atoms with Crippen molar-refractivity contribution in [1.82, 2.24) is 4.98 Å². The van der Waals surface area contributed by atoms with Gasteiger partial charge in [0, 0.05) is 24.0 Å². The molecule has 1 saturated heterocycles. The lowest BCUT2D eigenvalue weighted by atomic mass is 10.1. The number of piperidine rings is 1. The smallest absolute Gasteiger partial charge is 0.146 e. The highest BCUT2D eigenvalue weighted by atomic mass is 35.5. The van der Waals surface area contributed by atoms with E-state index >= 15 is 0 Å². The van der Waals surface area contributed by atoms with E-state index in [-0.39, 0.29) is 12.4 Å². The second kappa shape index (κ2) is 7.50. The number of anilines is 1. The van der Waals surface area contributed by atoms with E-state index < -0.39 is 0 Å². The second-order valence-corrected chi connectivity index (χ2v) is 6.94. The quantitative estimate of drug-likeness (QED) is 0.598. The molecule has 26 heavy (non-hydrogen) atoms. The lowest BCUT2D eigenvalue weighted by Crippen LogP contribution is -2.30. The molecule has 134 valence electrons. The maximum atomic E-state index is 14.0. The summed E-state index contributed by atoms with van der Waals surface area (Å²) in [4.78, 5) is 7.14. The minimum Gasteiger partial charge on any atom is -0.486 e. The van der Waals surface area contributed by atoms with Crippen molar-refractivity contribution in [3.8, 4) is 5.75 Å². The van der Waals surface area contributed by atoms with Gasteiger partial charge in [-0.15, -0.1) is 0 Å². The molecule has 3 aromatic rings. The van der Waals surface area contributed by atoms with Crippen LogP contribution < -0.4 is 9.64 Å². The zero-order valence-corrected chi connectivity index (χ0v) is 15.2. The average Bonchev–Trinajstić information content (AvgIpc) is 2.68. The van der Waals surface area contributed by atoms with Crippen molar-refractivity contribution in [3.63, 3.8) is 0 Å². The third kappa shape index (κ3) is 3.47. The molecule has 1 fully saturated rings. The number of hydrogen-bond donors (Lipinski definition) is 0. The molecule has 1 aromatic heterocycles. The summed E-state index contributed by atoms with van der Waals surface area (Å²) in [6, 6.07) is 14.6. The van der Waals surface area contributed by atoms with E-state index in [4.69, 9.17) is 21.3 Å². The molecule has 4 rings (SSSR count). The van der Waals surface area contributed by atoms with Gasteiger partial charge in [-0.2, -0.15) is 0 Å². The Morgan fingerprint density at radius 3 is 2.62 bits per heavy atom. The van der Waals surface area contributed by atoms with Gasteiger partial charge in [0.05, 0.1) is 5.02 Å². The summed E-state index contributed by atoms with van der Waals surface area (Å²) >= 11 is 6.10. The van der Waals surface area contributed by atoms with E-state index in [1.54, 1.807) is 12.1 Å². The lowest BCUT2D eigenvalue weighted by molar-refractivity contribution is 0.303. The van der Waals surface area contributed by atoms with Gasteiger partial charge < -0.3 is 9.64 Å². The fourth-order valence-electron chi connectivity index (χ4n) is 3.35. The fraction of sp³-hybridized carbons (Fsp3) is 0.286. The minimum atomic E-state index is -0.361. The summed E-state index contributed by atoms with van der Waals surface area (Å²) in [7, 11) is 0. The molecule has 0 N–H and O–H groups in total. The molecule has 1 aliphatic heterocycles. The second-order valence-electron chi connectivity index (χ2n) is 6.53. The molecule has 2 heterocycles. The van der Waals surface area contributed by atoms with Crippen molar-refractivity contribution >= 4 is 28.3 Å². The van der Waals surface area contributed by atoms with E-state index in [2.05, 4.69) is 17.0 Å². The molecule has 2 aromatic carbocycles. The Bertz CT molecular complexity index is 905. The fourth-order valence-corrected chi connectivity index (χ4v) is 3.56. The van der Waals surface area contributed by atoms with Gasteiger partial charge in [-0.05, 0) is 49.6 Å². The third-order valence-corrected chi connectivity index (χ3v) is 5.14. The molecular formula is C21H20ClFN2O. The summed E-state index contributed by atoms with van der Waals surface area (Å²) in [6.07, 6.45) is 3.68. The zero-order chi connectivity index (χ0) is 17.9. The summed E-state index contributed by atoms with van der Waals surface area (Å²) in [5.74, 6) is 1.25. The number of nitrogens with zero attached hydrogens (tertiary/aromatic N) is 2. The molecule has 0 bridgehead atoms. The van der Waals surface area contributed by atoms with Gasteiger partial charge >= 0.3 is 0 Å². The largest absolute Gasteiger partial charge is 0.486 e. The van der Waals surface area contributed by atoms with E-state index in [1.807, 2.05) is 18.2 Å². The van der Waals surface area contributed by atoms with E-state index in [1.165, 1.54) is 25.3 Å². The van der Waals surface area contributed by atoms with Gasteiger partial charge in [-0.3, -0.25) is 0 Å². The predicted molar refractivity (Wildman–Crippen MR) is 104 cm³/mol. The highest BCUT2D eigenvalue weighted by Crippen LogP contribution is 2.29. The number of pyridine rings is 1. The number of para-hydroxylation sites is 1. The summed E-state index contributed by atoms with van der Waals surface area (Å²) < 4.78 is 19.9. The summed E-state index contributed by atoms with van der Waals surface area (Å²) in [5, 5.41) is 1.37. The van der Waals surface area contributed by atoms with E-state index in [0.717, 1.165) is 29.8 Å². The molecule has 0 unspecified atom stereocenters. The van der Waals surface area contributed by atoms with E-state index in [9.17, 15) is 4.39 Å². The maximum absolute atomic E-state index is 14.0. The molecule has 0 aliphatic carbocycles. The molecular weight excluding hydrogens is 351 g/mol. The predicted octanol–water partition coefficient (Wildman–Crippen LogP) is 5.60. The van der Waals surface area contributed by atoms with Crippen LogP contribution in [-0.4, -0.2) is 18.1 Å². The normalized spacial score (nSPS) is 14.6. The molecule has 5 heteroatoms. The lowest BCUT2D eigenvalue weighted by Gasteiger charge is -2.28.